The highest BCUT2D eigenvalue weighted by Gasteiger charge is 2.24. The standard InChI is InChI=1S/C29H45NO3S/c1-6-29(4,5)28(32)34-20-16-14-12-10-8-9-11-13-15-19-33-26-22-27(31)30(7-2)25-21-23(3)17-18-24(25)26/h17-18,21-22H,6-16,19-20H2,1-5H3. The fraction of sp³-hybridized carbons (Fsp3) is 0.655. The van der Waals surface area contributed by atoms with Gasteiger partial charge >= 0.3 is 0 Å². The molecule has 0 amide bonds. The maximum Gasteiger partial charge on any atom is 0.254 e. The van der Waals surface area contributed by atoms with Gasteiger partial charge < -0.3 is 9.30 Å². The van der Waals surface area contributed by atoms with Gasteiger partial charge in [-0.25, -0.2) is 0 Å². The minimum atomic E-state index is -0.180. The highest BCUT2D eigenvalue weighted by atomic mass is 32.2. The number of aryl methyl sites for hydroxylation is 2. The van der Waals surface area contributed by atoms with E-state index < -0.39 is 0 Å². The smallest absolute Gasteiger partial charge is 0.254 e. The molecule has 0 aliphatic carbocycles. The summed E-state index contributed by atoms with van der Waals surface area (Å²) < 4.78 is 7.83. The Morgan fingerprint density at radius 1 is 0.941 bits per heavy atom. The Hall–Kier alpha value is -1.75. The topological polar surface area (TPSA) is 48.3 Å². The van der Waals surface area contributed by atoms with Crippen molar-refractivity contribution in [2.24, 2.45) is 5.41 Å². The fourth-order valence-corrected chi connectivity index (χ4v) is 5.10. The Bertz CT molecular complexity index is 964. The predicted octanol–water partition coefficient (Wildman–Crippen LogP) is 7.92. The SMILES string of the molecule is CCn1c(=O)cc(OCCCCCCCCCCCSC(=O)C(C)(C)CC)c2ccc(C)cc21. The zero-order valence-corrected chi connectivity index (χ0v) is 22.9. The lowest BCUT2D eigenvalue weighted by Gasteiger charge is -2.19. The third-order valence-electron chi connectivity index (χ3n) is 6.76. The first-order chi connectivity index (χ1) is 16.3. The van der Waals surface area contributed by atoms with Gasteiger partial charge in [-0.15, -0.1) is 0 Å². The lowest BCUT2D eigenvalue weighted by Crippen LogP contribution is -2.20. The molecule has 1 aromatic heterocycles. The van der Waals surface area contributed by atoms with E-state index in [1.165, 1.54) is 50.3 Å². The van der Waals surface area contributed by atoms with Crippen molar-refractivity contribution >= 4 is 27.8 Å². The molecule has 0 atom stereocenters. The summed E-state index contributed by atoms with van der Waals surface area (Å²) in [5.41, 5.74) is 1.93. The van der Waals surface area contributed by atoms with Crippen LogP contribution in [-0.2, 0) is 11.3 Å². The second-order valence-electron chi connectivity index (χ2n) is 10.0. The Morgan fingerprint density at radius 3 is 2.18 bits per heavy atom. The summed E-state index contributed by atoms with van der Waals surface area (Å²) in [5, 5.41) is 1.36. The van der Waals surface area contributed by atoms with E-state index in [2.05, 4.69) is 25.1 Å². The molecule has 2 aromatic rings. The normalized spacial score (nSPS) is 11.8. The summed E-state index contributed by atoms with van der Waals surface area (Å²) in [6, 6.07) is 7.85. The lowest BCUT2D eigenvalue weighted by molar-refractivity contribution is -0.118. The van der Waals surface area contributed by atoms with E-state index in [4.69, 9.17) is 4.74 Å². The fourth-order valence-electron chi connectivity index (χ4n) is 4.03. The molecule has 0 N–H and O–H groups in total. The molecule has 0 radical (unpaired) electrons. The molecule has 0 saturated carbocycles. The Labute approximate surface area is 210 Å². The highest BCUT2D eigenvalue weighted by Crippen LogP contribution is 2.28. The molecule has 34 heavy (non-hydrogen) atoms. The van der Waals surface area contributed by atoms with Crippen molar-refractivity contribution in [1.29, 1.82) is 0 Å². The molecule has 1 aromatic carbocycles. The van der Waals surface area contributed by atoms with Crippen molar-refractivity contribution in [3.05, 3.63) is 40.2 Å². The summed E-state index contributed by atoms with van der Waals surface area (Å²) in [4.78, 5) is 24.6. The first kappa shape index (κ1) is 28.5. The Kier molecular flexibility index (Phi) is 12.2. The first-order valence-corrected chi connectivity index (χ1v) is 14.2. The molecule has 190 valence electrons. The number of aromatic nitrogens is 1. The lowest BCUT2D eigenvalue weighted by atomic mass is 9.92. The van der Waals surface area contributed by atoms with E-state index in [1.54, 1.807) is 10.6 Å². The van der Waals surface area contributed by atoms with Crippen LogP contribution >= 0.6 is 11.8 Å². The van der Waals surface area contributed by atoms with Gasteiger partial charge in [-0.3, -0.25) is 9.59 Å². The molecule has 0 saturated heterocycles. The van der Waals surface area contributed by atoms with E-state index in [9.17, 15) is 9.59 Å². The van der Waals surface area contributed by atoms with E-state index in [0.29, 0.717) is 24.0 Å². The molecule has 0 bridgehead atoms. The number of carbonyl (C=O) groups is 1. The molecule has 0 unspecified atom stereocenters. The molecule has 0 spiro atoms. The summed E-state index contributed by atoms with van der Waals surface area (Å²) in [6.07, 6.45) is 11.8. The average Bonchev–Trinajstić information content (AvgIpc) is 2.81. The van der Waals surface area contributed by atoms with Crippen molar-refractivity contribution in [3.63, 3.8) is 0 Å². The summed E-state index contributed by atoms with van der Waals surface area (Å²) in [5.74, 6) is 1.67. The number of ether oxygens (including phenoxy) is 1. The van der Waals surface area contributed by atoms with Crippen molar-refractivity contribution in [1.82, 2.24) is 4.57 Å². The van der Waals surface area contributed by atoms with Crippen LogP contribution in [0.15, 0.2) is 29.1 Å². The van der Waals surface area contributed by atoms with E-state index in [-0.39, 0.29) is 11.0 Å². The van der Waals surface area contributed by atoms with Crippen LogP contribution in [0, 0.1) is 12.3 Å². The van der Waals surface area contributed by atoms with Gasteiger partial charge in [0.1, 0.15) is 5.75 Å². The maximum absolute atomic E-state index is 12.5. The molecule has 2 rings (SSSR count). The van der Waals surface area contributed by atoms with Crippen LogP contribution in [-0.4, -0.2) is 22.0 Å². The van der Waals surface area contributed by atoms with Gasteiger partial charge in [0, 0.05) is 29.2 Å². The van der Waals surface area contributed by atoms with Crippen LogP contribution in [0.1, 0.15) is 97.5 Å². The van der Waals surface area contributed by atoms with Crippen LogP contribution in [0.2, 0.25) is 0 Å². The van der Waals surface area contributed by atoms with Crippen molar-refractivity contribution in [2.45, 2.75) is 105 Å². The molecule has 0 fully saturated rings. The number of fused-ring (bicyclic) bond motifs is 1. The van der Waals surface area contributed by atoms with Gasteiger partial charge in [0.25, 0.3) is 5.56 Å². The Morgan fingerprint density at radius 2 is 1.56 bits per heavy atom. The van der Waals surface area contributed by atoms with Crippen LogP contribution in [0.25, 0.3) is 10.9 Å². The number of rotatable bonds is 16. The summed E-state index contributed by atoms with van der Waals surface area (Å²) in [7, 11) is 0. The van der Waals surface area contributed by atoms with Gasteiger partial charge in [0.05, 0.1) is 12.1 Å². The number of unbranched alkanes of at least 4 members (excludes halogenated alkanes) is 8. The zero-order valence-electron chi connectivity index (χ0n) is 22.1. The van der Waals surface area contributed by atoms with Crippen LogP contribution in [0.5, 0.6) is 5.75 Å². The molecule has 4 nitrogen and oxygen atoms in total. The second-order valence-corrected chi connectivity index (χ2v) is 11.1. The molecular weight excluding hydrogens is 442 g/mol. The average molecular weight is 488 g/mol. The van der Waals surface area contributed by atoms with Gasteiger partial charge in [0.2, 0.25) is 0 Å². The van der Waals surface area contributed by atoms with E-state index in [1.807, 2.05) is 27.7 Å². The van der Waals surface area contributed by atoms with Gasteiger partial charge in [-0.05, 0) is 50.8 Å². The van der Waals surface area contributed by atoms with Crippen LogP contribution in [0.3, 0.4) is 0 Å². The second kappa shape index (κ2) is 14.6. The van der Waals surface area contributed by atoms with Crippen molar-refractivity contribution < 1.29 is 9.53 Å². The maximum atomic E-state index is 12.5. The number of pyridine rings is 1. The van der Waals surface area contributed by atoms with Gasteiger partial charge in [0.15, 0.2) is 5.12 Å². The quantitative estimate of drug-likeness (QED) is 0.226. The van der Waals surface area contributed by atoms with Crippen LogP contribution < -0.4 is 10.3 Å². The summed E-state index contributed by atoms with van der Waals surface area (Å²) >= 11 is 1.52. The van der Waals surface area contributed by atoms with Gasteiger partial charge in [-0.2, -0.15) is 0 Å². The number of thioether (sulfide) groups is 1. The monoisotopic (exact) mass is 487 g/mol. The summed E-state index contributed by atoms with van der Waals surface area (Å²) in [6.45, 7) is 11.5. The zero-order chi connectivity index (χ0) is 25.0. The predicted molar refractivity (Wildman–Crippen MR) is 147 cm³/mol. The number of benzene rings is 1. The number of nitrogens with zero attached hydrogens (tertiary/aromatic N) is 1. The van der Waals surface area contributed by atoms with Gasteiger partial charge in [-0.1, -0.05) is 83.5 Å². The Balaban J connectivity index is 1.56. The number of hydrogen-bond donors (Lipinski definition) is 0. The first-order valence-electron chi connectivity index (χ1n) is 13.2. The largest absolute Gasteiger partial charge is 0.493 e. The molecule has 0 aliphatic rings. The minimum Gasteiger partial charge on any atom is -0.493 e. The third-order valence-corrected chi connectivity index (χ3v) is 8.07. The number of carbonyl (C=O) groups excluding carboxylic acids is 1. The van der Waals surface area contributed by atoms with Crippen LogP contribution in [0.4, 0.5) is 0 Å². The van der Waals surface area contributed by atoms with Crippen molar-refractivity contribution in [3.8, 4) is 5.75 Å². The van der Waals surface area contributed by atoms with E-state index >= 15 is 0 Å². The minimum absolute atomic E-state index is 0.00518. The molecular formula is C29H45NO3S. The third kappa shape index (κ3) is 8.79. The molecule has 5 heteroatoms. The highest BCUT2D eigenvalue weighted by molar-refractivity contribution is 8.13. The van der Waals surface area contributed by atoms with Crippen molar-refractivity contribution in [2.75, 3.05) is 12.4 Å². The number of hydrogen-bond acceptors (Lipinski definition) is 4. The molecule has 1 heterocycles. The molecule has 0 aliphatic heterocycles. The van der Waals surface area contributed by atoms with E-state index in [0.717, 1.165) is 47.9 Å².